The number of hydrogen-bond donors (Lipinski definition) is 0. The molecule has 0 fully saturated rings. The maximum absolute atomic E-state index is 5.90. The molecule has 0 saturated carbocycles. The summed E-state index contributed by atoms with van der Waals surface area (Å²) < 4.78 is 5.90. The lowest BCUT2D eigenvalue weighted by molar-refractivity contribution is 0.0591. The van der Waals surface area contributed by atoms with Crippen LogP contribution in [0.4, 0.5) is 0 Å². The average Bonchev–Trinajstić information content (AvgIpc) is 2.55. The zero-order valence-corrected chi connectivity index (χ0v) is 12.4. The summed E-state index contributed by atoms with van der Waals surface area (Å²) in [4.78, 5) is 4.64. The Balaban J connectivity index is 2.12. The highest BCUT2D eigenvalue weighted by molar-refractivity contribution is 5.79. The van der Waals surface area contributed by atoms with Crippen LogP contribution < -0.4 is 0 Å². The lowest BCUT2D eigenvalue weighted by Gasteiger charge is -2.21. The Morgan fingerprint density at radius 2 is 1.67 bits per heavy atom. The van der Waals surface area contributed by atoms with Gasteiger partial charge in [0.15, 0.2) is 0 Å². The smallest absolute Gasteiger partial charge is 0.105 e. The molecule has 2 aromatic carbocycles. The van der Waals surface area contributed by atoms with Crippen LogP contribution in [0, 0.1) is 0 Å². The highest BCUT2D eigenvalue weighted by Crippen LogP contribution is 2.23. The van der Waals surface area contributed by atoms with E-state index >= 15 is 0 Å². The van der Waals surface area contributed by atoms with Gasteiger partial charge in [0.1, 0.15) is 6.10 Å². The van der Waals surface area contributed by atoms with E-state index in [9.17, 15) is 0 Å². The van der Waals surface area contributed by atoms with Crippen molar-refractivity contribution in [1.29, 1.82) is 0 Å². The van der Waals surface area contributed by atoms with Crippen molar-refractivity contribution < 1.29 is 4.74 Å². The summed E-state index contributed by atoms with van der Waals surface area (Å²) in [5.74, 6) is 0. The van der Waals surface area contributed by atoms with Crippen molar-refractivity contribution in [2.24, 2.45) is 4.99 Å². The van der Waals surface area contributed by atoms with Gasteiger partial charge in [-0.1, -0.05) is 66.7 Å². The van der Waals surface area contributed by atoms with E-state index in [2.05, 4.69) is 30.6 Å². The fraction of sp³-hybridized carbons (Fsp3) is 0.211. The zero-order chi connectivity index (χ0) is 14.9. The van der Waals surface area contributed by atoms with Crippen molar-refractivity contribution in [2.45, 2.75) is 19.1 Å². The zero-order valence-electron chi connectivity index (χ0n) is 12.4. The van der Waals surface area contributed by atoms with Gasteiger partial charge in [-0.3, -0.25) is 4.99 Å². The van der Waals surface area contributed by atoms with Gasteiger partial charge in [0.05, 0.1) is 12.6 Å². The monoisotopic (exact) mass is 279 g/mol. The second-order valence-corrected chi connectivity index (χ2v) is 4.88. The second-order valence-electron chi connectivity index (χ2n) is 4.88. The van der Waals surface area contributed by atoms with Crippen LogP contribution >= 0.6 is 0 Å². The normalized spacial score (nSPS) is 14.0. The molecule has 0 aliphatic heterocycles. The molecule has 21 heavy (non-hydrogen) atoms. The van der Waals surface area contributed by atoms with Gasteiger partial charge in [0, 0.05) is 6.21 Å². The third-order valence-electron chi connectivity index (χ3n) is 3.22. The van der Waals surface area contributed by atoms with E-state index in [1.54, 1.807) is 6.08 Å². The number of benzene rings is 2. The van der Waals surface area contributed by atoms with Crippen molar-refractivity contribution in [2.75, 3.05) is 6.61 Å². The molecular formula is C19H21NO. The molecule has 0 aromatic heterocycles. The molecular weight excluding hydrogens is 258 g/mol. The first-order valence-corrected chi connectivity index (χ1v) is 7.17. The minimum absolute atomic E-state index is 0.0348. The molecule has 0 saturated heterocycles. The van der Waals surface area contributed by atoms with Crippen molar-refractivity contribution in [3.05, 3.63) is 84.4 Å². The van der Waals surface area contributed by atoms with Gasteiger partial charge in [-0.15, -0.1) is 6.58 Å². The minimum Gasteiger partial charge on any atom is -0.367 e. The fourth-order valence-corrected chi connectivity index (χ4v) is 2.15. The molecule has 2 nitrogen and oxygen atoms in total. The molecule has 0 radical (unpaired) electrons. The predicted molar refractivity (Wildman–Crippen MR) is 88.8 cm³/mol. The topological polar surface area (TPSA) is 21.6 Å². The van der Waals surface area contributed by atoms with Gasteiger partial charge in [-0.05, 0) is 18.1 Å². The number of hydrogen-bond acceptors (Lipinski definition) is 2. The molecule has 2 rings (SSSR count). The Bertz CT molecular complexity index is 563. The van der Waals surface area contributed by atoms with Crippen LogP contribution in [0.3, 0.4) is 0 Å². The number of rotatable bonds is 7. The third kappa shape index (κ3) is 4.69. The lowest BCUT2D eigenvalue weighted by atomic mass is 10.0. The number of nitrogens with zero attached hydrogens (tertiary/aromatic N) is 1. The summed E-state index contributed by atoms with van der Waals surface area (Å²) >= 11 is 0. The van der Waals surface area contributed by atoms with Gasteiger partial charge >= 0.3 is 0 Å². The lowest BCUT2D eigenvalue weighted by Crippen LogP contribution is -2.17. The van der Waals surface area contributed by atoms with Gasteiger partial charge in [0.2, 0.25) is 0 Å². The number of aliphatic imine (C=N–C) groups is 1. The highest BCUT2D eigenvalue weighted by atomic mass is 16.5. The summed E-state index contributed by atoms with van der Waals surface area (Å²) in [6.45, 7) is 6.30. The van der Waals surface area contributed by atoms with Gasteiger partial charge < -0.3 is 4.74 Å². The van der Waals surface area contributed by atoms with E-state index < -0.39 is 0 Å². The summed E-state index contributed by atoms with van der Waals surface area (Å²) in [7, 11) is 0. The molecule has 2 unspecified atom stereocenters. The standard InChI is InChI=1S/C19H21NO/c1-3-14-21-19(18-12-8-5-9-13-18)16(2)20-15-17-10-6-4-7-11-17/h3-13,15-16,19H,1,14H2,2H3. The van der Waals surface area contributed by atoms with Crippen LogP contribution in [0.25, 0.3) is 0 Å². The minimum atomic E-state index is -0.0656. The molecule has 0 aliphatic carbocycles. The van der Waals surface area contributed by atoms with E-state index in [1.165, 1.54) is 0 Å². The number of ether oxygens (including phenoxy) is 1. The average molecular weight is 279 g/mol. The van der Waals surface area contributed by atoms with Crippen LogP contribution in [0.2, 0.25) is 0 Å². The van der Waals surface area contributed by atoms with Crippen LogP contribution in [0.15, 0.2) is 78.3 Å². The van der Waals surface area contributed by atoms with Gasteiger partial charge in [-0.25, -0.2) is 0 Å². The molecule has 0 bridgehead atoms. The molecule has 108 valence electrons. The summed E-state index contributed by atoms with van der Waals surface area (Å²) in [6, 6.07) is 20.3. The van der Waals surface area contributed by atoms with E-state index in [1.807, 2.05) is 54.7 Å². The molecule has 0 aliphatic rings. The van der Waals surface area contributed by atoms with Gasteiger partial charge in [0.25, 0.3) is 0 Å². The Kier molecular flexibility index (Phi) is 5.92. The largest absolute Gasteiger partial charge is 0.367 e. The first kappa shape index (κ1) is 15.2. The van der Waals surface area contributed by atoms with Crippen LogP contribution in [0.1, 0.15) is 24.2 Å². The predicted octanol–water partition coefficient (Wildman–Crippen LogP) is 4.44. The quantitative estimate of drug-likeness (QED) is 0.542. The molecule has 0 amide bonds. The molecule has 0 spiro atoms. The van der Waals surface area contributed by atoms with Gasteiger partial charge in [-0.2, -0.15) is 0 Å². The van der Waals surface area contributed by atoms with Crippen LogP contribution in [-0.2, 0) is 4.74 Å². The van der Waals surface area contributed by atoms with E-state index in [0.717, 1.165) is 11.1 Å². The van der Waals surface area contributed by atoms with Crippen LogP contribution in [0.5, 0.6) is 0 Å². The SMILES string of the molecule is C=CCOC(c1ccccc1)C(C)N=Cc1ccccc1. The van der Waals surface area contributed by atoms with E-state index in [0.29, 0.717) is 6.61 Å². The fourth-order valence-electron chi connectivity index (χ4n) is 2.15. The Hall–Kier alpha value is -2.19. The third-order valence-corrected chi connectivity index (χ3v) is 3.22. The first-order chi connectivity index (χ1) is 10.3. The molecule has 2 atom stereocenters. The summed E-state index contributed by atoms with van der Waals surface area (Å²) in [5, 5.41) is 0. The summed E-state index contributed by atoms with van der Waals surface area (Å²) in [6.07, 6.45) is 3.60. The van der Waals surface area contributed by atoms with Crippen molar-refractivity contribution in [1.82, 2.24) is 0 Å². The molecule has 2 heteroatoms. The van der Waals surface area contributed by atoms with E-state index in [4.69, 9.17) is 4.74 Å². The molecule has 2 aromatic rings. The highest BCUT2D eigenvalue weighted by Gasteiger charge is 2.18. The molecule has 0 N–H and O–H groups in total. The van der Waals surface area contributed by atoms with Crippen LogP contribution in [-0.4, -0.2) is 18.9 Å². The molecule has 0 heterocycles. The maximum Gasteiger partial charge on any atom is 0.105 e. The second kappa shape index (κ2) is 8.18. The van der Waals surface area contributed by atoms with Crippen molar-refractivity contribution in [3.63, 3.8) is 0 Å². The van der Waals surface area contributed by atoms with Crippen molar-refractivity contribution >= 4 is 6.21 Å². The summed E-state index contributed by atoms with van der Waals surface area (Å²) in [5.41, 5.74) is 2.23. The van der Waals surface area contributed by atoms with E-state index in [-0.39, 0.29) is 12.1 Å². The Morgan fingerprint density at radius 1 is 1.05 bits per heavy atom. The Morgan fingerprint density at radius 3 is 2.29 bits per heavy atom. The maximum atomic E-state index is 5.90. The van der Waals surface area contributed by atoms with Crippen molar-refractivity contribution in [3.8, 4) is 0 Å². The Labute approximate surface area is 126 Å². The first-order valence-electron chi connectivity index (χ1n) is 7.17.